The van der Waals surface area contributed by atoms with Crippen molar-refractivity contribution < 1.29 is 23.7 Å². The SMILES string of the molecule is COc1ccc(OCCNC(=O)CCNc2ccc3c(c2)OCO3)cc1. The van der Waals surface area contributed by atoms with Gasteiger partial charge in [-0.25, -0.2) is 0 Å². The number of hydrogen-bond acceptors (Lipinski definition) is 6. The van der Waals surface area contributed by atoms with Gasteiger partial charge in [-0.2, -0.15) is 0 Å². The number of methoxy groups -OCH3 is 1. The minimum absolute atomic E-state index is 0.0309. The van der Waals surface area contributed by atoms with Gasteiger partial charge in [-0.1, -0.05) is 0 Å². The van der Waals surface area contributed by atoms with Crippen LogP contribution in [-0.2, 0) is 4.79 Å². The third-order valence-electron chi connectivity index (χ3n) is 3.81. The lowest BCUT2D eigenvalue weighted by Gasteiger charge is -2.09. The smallest absolute Gasteiger partial charge is 0.231 e. The summed E-state index contributed by atoms with van der Waals surface area (Å²) >= 11 is 0. The molecular weight excluding hydrogens is 336 g/mol. The predicted octanol–water partition coefficient (Wildman–Crippen LogP) is 2.42. The van der Waals surface area contributed by atoms with E-state index < -0.39 is 0 Å². The molecule has 7 heteroatoms. The lowest BCUT2D eigenvalue weighted by atomic mass is 10.2. The molecule has 7 nitrogen and oxygen atoms in total. The summed E-state index contributed by atoms with van der Waals surface area (Å²) in [6, 6.07) is 12.9. The maximum Gasteiger partial charge on any atom is 0.231 e. The van der Waals surface area contributed by atoms with Crippen molar-refractivity contribution in [3.8, 4) is 23.0 Å². The van der Waals surface area contributed by atoms with Crippen molar-refractivity contribution in [3.05, 3.63) is 42.5 Å². The van der Waals surface area contributed by atoms with Crippen LogP contribution in [0.15, 0.2) is 42.5 Å². The molecule has 1 amide bonds. The summed E-state index contributed by atoms with van der Waals surface area (Å²) < 4.78 is 21.2. The molecule has 2 N–H and O–H groups in total. The maximum atomic E-state index is 11.8. The summed E-state index contributed by atoms with van der Waals surface area (Å²) in [5, 5.41) is 6.02. The highest BCUT2D eigenvalue weighted by Gasteiger charge is 2.13. The number of benzene rings is 2. The fraction of sp³-hybridized carbons (Fsp3) is 0.316. The van der Waals surface area contributed by atoms with E-state index in [2.05, 4.69) is 10.6 Å². The molecule has 0 spiro atoms. The molecular formula is C19H22N2O5. The Morgan fingerprint density at radius 3 is 2.62 bits per heavy atom. The fourth-order valence-electron chi connectivity index (χ4n) is 2.45. The van der Waals surface area contributed by atoms with Crippen LogP contribution >= 0.6 is 0 Å². The summed E-state index contributed by atoms with van der Waals surface area (Å²) in [6.45, 7) is 1.65. The summed E-state index contributed by atoms with van der Waals surface area (Å²) in [5.41, 5.74) is 0.893. The zero-order chi connectivity index (χ0) is 18.2. The van der Waals surface area contributed by atoms with Crippen molar-refractivity contribution in [2.24, 2.45) is 0 Å². The minimum atomic E-state index is -0.0309. The Kier molecular flexibility index (Phi) is 6.03. The van der Waals surface area contributed by atoms with E-state index >= 15 is 0 Å². The van der Waals surface area contributed by atoms with Gasteiger partial charge in [0.1, 0.15) is 18.1 Å². The van der Waals surface area contributed by atoms with E-state index in [1.165, 1.54) is 0 Å². The van der Waals surface area contributed by atoms with Crippen molar-refractivity contribution in [1.82, 2.24) is 5.32 Å². The average Bonchev–Trinajstić information content (AvgIpc) is 3.13. The van der Waals surface area contributed by atoms with Crippen LogP contribution < -0.4 is 29.6 Å². The maximum absolute atomic E-state index is 11.8. The molecule has 0 aliphatic carbocycles. The van der Waals surface area contributed by atoms with Crippen LogP contribution in [0, 0.1) is 0 Å². The van der Waals surface area contributed by atoms with Crippen LogP contribution in [0.1, 0.15) is 6.42 Å². The standard InChI is InChI=1S/C19H22N2O5/c1-23-15-3-5-16(6-4-15)24-11-10-21-19(22)8-9-20-14-2-7-17-18(12-14)26-13-25-17/h2-7,12,20H,8-11,13H2,1H3,(H,21,22). The van der Waals surface area contributed by atoms with Crippen LogP contribution in [0.4, 0.5) is 5.69 Å². The molecule has 138 valence electrons. The van der Waals surface area contributed by atoms with Gasteiger partial charge in [0.15, 0.2) is 11.5 Å². The highest BCUT2D eigenvalue weighted by Crippen LogP contribution is 2.34. The lowest BCUT2D eigenvalue weighted by Crippen LogP contribution is -2.29. The molecule has 0 fully saturated rings. The summed E-state index contributed by atoms with van der Waals surface area (Å²) in [7, 11) is 1.62. The van der Waals surface area contributed by atoms with E-state index in [-0.39, 0.29) is 12.7 Å². The number of nitrogens with one attached hydrogen (secondary N) is 2. The lowest BCUT2D eigenvalue weighted by molar-refractivity contribution is -0.120. The van der Waals surface area contributed by atoms with Crippen LogP contribution in [0.25, 0.3) is 0 Å². The van der Waals surface area contributed by atoms with E-state index in [1.807, 2.05) is 42.5 Å². The van der Waals surface area contributed by atoms with Gasteiger partial charge in [0, 0.05) is 24.7 Å². The zero-order valence-electron chi connectivity index (χ0n) is 14.6. The van der Waals surface area contributed by atoms with Crippen LogP contribution in [0.2, 0.25) is 0 Å². The van der Waals surface area contributed by atoms with E-state index in [0.717, 1.165) is 28.7 Å². The number of ether oxygens (including phenoxy) is 4. The number of rotatable bonds is 9. The topological polar surface area (TPSA) is 78.1 Å². The molecule has 0 saturated heterocycles. The van der Waals surface area contributed by atoms with Crippen molar-refractivity contribution in [1.29, 1.82) is 0 Å². The van der Waals surface area contributed by atoms with Crippen molar-refractivity contribution in [2.45, 2.75) is 6.42 Å². The molecule has 0 bridgehead atoms. The molecule has 0 aromatic heterocycles. The number of amides is 1. The van der Waals surface area contributed by atoms with E-state index in [1.54, 1.807) is 7.11 Å². The van der Waals surface area contributed by atoms with Gasteiger partial charge in [0.05, 0.1) is 13.7 Å². The number of hydrogen-bond donors (Lipinski definition) is 2. The first-order chi connectivity index (χ1) is 12.7. The monoisotopic (exact) mass is 358 g/mol. The van der Waals surface area contributed by atoms with Gasteiger partial charge in [-0.15, -0.1) is 0 Å². The molecule has 1 aliphatic heterocycles. The highest BCUT2D eigenvalue weighted by atomic mass is 16.7. The molecule has 1 heterocycles. The summed E-state index contributed by atoms with van der Waals surface area (Å²) in [6.07, 6.45) is 0.372. The van der Waals surface area contributed by atoms with Crippen molar-refractivity contribution in [3.63, 3.8) is 0 Å². The van der Waals surface area contributed by atoms with Gasteiger partial charge >= 0.3 is 0 Å². The zero-order valence-corrected chi connectivity index (χ0v) is 14.6. The minimum Gasteiger partial charge on any atom is -0.497 e. The number of anilines is 1. The second-order valence-electron chi connectivity index (χ2n) is 5.62. The summed E-state index contributed by atoms with van der Waals surface area (Å²) in [5.74, 6) is 2.95. The Morgan fingerprint density at radius 1 is 1.04 bits per heavy atom. The third-order valence-corrected chi connectivity index (χ3v) is 3.81. The average molecular weight is 358 g/mol. The molecule has 2 aromatic carbocycles. The van der Waals surface area contributed by atoms with Crippen LogP contribution in [-0.4, -0.2) is 39.5 Å². The van der Waals surface area contributed by atoms with Crippen molar-refractivity contribution >= 4 is 11.6 Å². The van der Waals surface area contributed by atoms with Crippen molar-refractivity contribution in [2.75, 3.05) is 38.9 Å². The number of carbonyl (C=O) groups is 1. The Balaban J connectivity index is 1.29. The fourth-order valence-corrected chi connectivity index (χ4v) is 2.45. The molecule has 0 unspecified atom stereocenters. The predicted molar refractivity (Wildman–Crippen MR) is 97.2 cm³/mol. The molecule has 0 radical (unpaired) electrons. The largest absolute Gasteiger partial charge is 0.497 e. The highest BCUT2D eigenvalue weighted by molar-refractivity contribution is 5.76. The van der Waals surface area contributed by atoms with Gasteiger partial charge in [0.2, 0.25) is 12.7 Å². The van der Waals surface area contributed by atoms with Gasteiger partial charge in [0.25, 0.3) is 0 Å². The molecule has 3 rings (SSSR count). The third kappa shape index (κ3) is 4.95. The second kappa shape index (κ2) is 8.84. The van der Waals surface area contributed by atoms with Gasteiger partial charge in [-0.05, 0) is 36.4 Å². The Morgan fingerprint density at radius 2 is 1.81 bits per heavy atom. The summed E-state index contributed by atoms with van der Waals surface area (Å²) in [4.78, 5) is 11.8. The first-order valence-electron chi connectivity index (χ1n) is 8.41. The first kappa shape index (κ1) is 17.7. The number of carbonyl (C=O) groups excluding carboxylic acids is 1. The Labute approximate surface area is 152 Å². The van der Waals surface area contributed by atoms with Crippen LogP contribution in [0.5, 0.6) is 23.0 Å². The Bertz CT molecular complexity index is 733. The molecule has 2 aromatic rings. The second-order valence-corrected chi connectivity index (χ2v) is 5.62. The molecule has 0 saturated carbocycles. The molecule has 0 atom stereocenters. The van der Waals surface area contributed by atoms with E-state index in [0.29, 0.717) is 26.1 Å². The Hall–Kier alpha value is -3.09. The van der Waals surface area contributed by atoms with Gasteiger partial charge in [-0.3, -0.25) is 4.79 Å². The molecule has 26 heavy (non-hydrogen) atoms. The van der Waals surface area contributed by atoms with E-state index in [4.69, 9.17) is 18.9 Å². The normalized spacial score (nSPS) is 11.7. The first-order valence-corrected chi connectivity index (χ1v) is 8.41. The quantitative estimate of drug-likeness (QED) is 0.671. The molecule has 1 aliphatic rings. The van der Waals surface area contributed by atoms with Gasteiger partial charge < -0.3 is 29.6 Å². The number of fused-ring (bicyclic) bond motifs is 1. The van der Waals surface area contributed by atoms with E-state index in [9.17, 15) is 4.79 Å². The van der Waals surface area contributed by atoms with Crippen LogP contribution in [0.3, 0.4) is 0 Å².